The maximum absolute atomic E-state index is 13.1. The van der Waals surface area contributed by atoms with Crippen LogP contribution in [0.3, 0.4) is 0 Å². The third kappa shape index (κ3) is 4.14. The van der Waals surface area contributed by atoms with Crippen LogP contribution >= 0.6 is 0 Å². The number of rotatable bonds is 4. The van der Waals surface area contributed by atoms with Crippen molar-refractivity contribution in [2.75, 3.05) is 13.1 Å². The maximum atomic E-state index is 13.1. The molecule has 0 spiro atoms. The lowest BCUT2D eigenvalue weighted by atomic mass is 9.95. The molecule has 1 heterocycles. The Balaban J connectivity index is 1.91. The summed E-state index contributed by atoms with van der Waals surface area (Å²) < 4.78 is 31.3. The number of hydrogen-bond donors (Lipinski definition) is 2. The minimum atomic E-state index is -0.993. The van der Waals surface area contributed by atoms with Crippen molar-refractivity contribution in [2.24, 2.45) is 5.92 Å². The van der Waals surface area contributed by atoms with Gasteiger partial charge >= 0.3 is 0 Å². The molecule has 2 N–H and O–H groups in total. The van der Waals surface area contributed by atoms with Crippen LogP contribution in [0.4, 0.5) is 8.78 Å². The van der Waals surface area contributed by atoms with Crippen molar-refractivity contribution >= 4 is 5.91 Å². The summed E-state index contributed by atoms with van der Waals surface area (Å²) in [4.78, 5) is 12.1. The molecule has 0 saturated carbocycles. The van der Waals surface area contributed by atoms with Gasteiger partial charge in [0.15, 0.2) is 17.7 Å². The standard InChI is InChI=1S/C15H20F2N2O2/c1-9-8-18-6-5-14(9)19-15(20)10(2)21-11-3-4-12(16)13(17)7-11/h3-4,7,9-10,14,18H,5-6,8H2,1-2H3,(H,19,20). The molecule has 0 aromatic heterocycles. The Morgan fingerprint density at radius 3 is 2.86 bits per heavy atom. The lowest BCUT2D eigenvalue weighted by Crippen LogP contribution is -2.51. The van der Waals surface area contributed by atoms with Gasteiger partial charge in [-0.2, -0.15) is 0 Å². The molecule has 1 aromatic rings. The Bertz CT molecular complexity index is 510. The Hall–Kier alpha value is -1.69. The summed E-state index contributed by atoms with van der Waals surface area (Å²) in [6, 6.07) is 3.32. The molecule has 3 unspecified atom stereocenters. The van der Waals surface area contributed by atoms with Gasteiger partial charge < -0.3 is 15.4 Å². The minimum absolute atomic E-state index is 0.106. The molecular formula is C15H20F2N2O2. The second kappa shape index (κ2) is 6.85. The molecule has 0 aliphatic carbocycles. The first-order chi connectivity index (χ1) is 9.97. The van der Waals surface area contributed by atoms with E-state index in [0.29, 0.717) is 5.92 Å². The molecule has 1 saturated heterocycles. The van der Waals surface area contributed by atoms with Gasteiger partial charge in [0.25, 0.3) is 5.91 Å². The van der Waals surface area contributed by atoms with E-state index in [1.54, 1.807) is 6.92 Å². The van der Waals surface area contributed by atoms with E-state index in [4.69, 9.17) is 4.74 Å². The highest BCUT2D eigenvalue weighted by atomic mass is 19.2. The number of halogens is 2. The van der Waals surface area contributed by atoms with Crippen molar-refractivity contribution < 1.29 is 18.3 Å². The van der Waals surface area contributed by atoms with Gasteiger partial charge in [-0.15, -0.1) is 0 Å². The van der Waals surface area contributed by atoms with Crippen molar-refractivity contribution in [3.63, 3.8) is 0 Å². The van der Waals surface area contributed by atoms with E-state index in [-0.39, 0.29) is 17.7 Å². The summed E-state index contributed by atoms with van der Waals surface area (Å²) >= 11 is 0. The van der Waals surface area contributed by atoms with E-state index in [1.807, 2.05) is 0 Å². The summed E-state index contributed by atoms with van der Waals surface area (Å²) in [5, 5.41) is 6.20. The van der Waals surface area contributed by atoms with Crippen LogP contribution in [-0.2, 0) is 4.79 Å². The number of hydrogen-bond acceptors (Lipinski definition) is 3. The van der Waals surface area contributed by atoms with Gasteiger partial charge in [0, 0.05) is 12.1 Å². The first-order valence-corrected chi connectivity index (χ1v) is 7.10. The molecule has 4 nitrogen and oxygen atoms in total. The second-order valence-corrected chi connectivity index (χ2v) is 5.42. The highest BCUT2D eigenvalue weighted by Crippen LogP contribution is 2.17. The quantitative estimate of drug-likeness (QED) is 0.892. The lowest BCUT2D eigenvalue weighted by Gasteiger charge is -2.31. The Morgan fingerprint density at radius 1 is 1.43 bits per heavy atom. The van der Waals surface area contributed by atoms with Gasteiger partial charge in [-0.3, -0.25) is 4.79 Å². The first kappa shape index (κ1) is 15.7. The predicted molar refractivity (Wildman–Crippen MR) is 75.0 cm³/mol. The molecule has 3 atom stereocenters. The number of carbonyl (C=O) groups excluding carboxylic acids is 1. The summed E-state index contributed by atoms with van der Waals surface area (Å²) in [5.74, 6) is -1.71. The molecule has 0 radical (unpaired) electrons. The monoisotopic (exact) mass is 298 g/mol. The third-order valence-corrected chi connectivity index (χ3v) is 3.69. The van der Waals surface area contributed by atoms with Gasteiger partial charge in [-0.25, -0.2) is 8.78 Å². The molecule has 2 rings (SSSR count). The van der Waals surface area contributed by atoms with Crippen molar-refractivity contribution in [2.45, 2.75) is 32.4 Å². The number of nitrogens with one attached hydrogen (secondary N) is 2. The molecular weight excluding hydrogens is 278 g/mol. The average Bonchev–Trinajstić information content (AvgIpc) is 2.45. The smallest absolute Gasteiger partial charge is 0.261 e. The number of amides is 1. The molecule has 1 amide bonds. The molecule has 6 heteroatoms. The maximum Gasteiger partial charge on any atom is 0.261 e. The summed E-state index contributed by atoms with van der Waals surface area (Å²) in [7, 11) is 0. The highest BCUT2D eigenvalue weighted by molar-refractivity contribution is 5.81. The van der Waals surface area contributed by atoms with E-state index < -0.39 is 17.7 Å². The summed E-state index contributed by atoms with van der Waals surface area (Å²) in [6.45, 7) is 5.39. The van der Waals surface area contributed by atoms with Crippen LogP contribution in [-0.4, -0.2) is 31.1 Å². The van der Waals surface area contributed by atoms with Crippen LogP contribution in [0, 0.1) is 17.6 Å². The van der Waals surface area contributed by atoms with Gasteiger partial charge in [0.05, 0.1) is 0 Å². The fourth-order valence-corrected chi connectivity index (χ4v) is 2.34. The predicted octanol–water partition coefficient (Wildman–Crippen LogP) is 1.85. The van der Waals surface area contributed by atoms with Crippen LogP contribution in [0.2, 0.25) is 0 Å². The first-order valence-electron chi connectivity index (χ1n) is 7.10. The van der Waals surface area contributed by atoms with Crippen LogP contribution in [0.25, 0.3) is 0 Å². The van der Waals surface area contributed by atoms with E-state index in [2.05, 4.69) is 17.6 Å². The molecule has 116 valence electrons. The van der Waals surface area contributed by atoms with Crippen LogP contribution in [0.1, 0.15) is 20.3 Å². The molecule has 1 aliphatic heterocycles. The van der Waals surface area contributed by atoms with Crippen LogP contribution in [0.15, 0.2) is 18.2 Å². The Morgan fingerprint density at radius 2 is 2.19 bits per heavy atom. The van der Waals surface area contributed by atoms with Crippen molar-refractivity contribution in [3.05, 3.63) is 29.8 Å². The molecule has 21 heavy (non-hydrogen) atoms. The van der Waals surface area contributed by atoms with E-state index in [1.165, 1.54) is 6.07 Å². The van der Waals surface area contributed by atoms with E-state index >= 15 is 0 Å². The number of ether oxygens (including phenoxy) is 1. The van der Waals surface area contributed by atoms with Crippen molar-refractivity contribution in [1.29, 1.82) is 0 Å². The largest absolute Gasteiger partial charge is 0.481 e. The summed E-state index contributed by atoms with van der Waals surface area (Å²) in [5.41, 5.74) is 0. The van der Waals surface area contributed by atoms with Crippen molar-refractivity contribution in [1.82, 2.24) is 10.6 Å². The zero-order chi connectivity index (χ0) is 15.4. The number of piperidine rings is 1. The SMILES string of the molecule is CC(Oc1ccc(F)c(F)c1)C(=O)NC1CCNCC1C. The number of benzene rings is 1. The fourth-order valence-electron chi connectivity index (χ4n) is 2.34. The van der Waals surface area contributed by atoms with E-state index in [0.717, 1.165) is 31.6 Å². The highest BCUT2D eigenvalue weighted by Gasteiger charge is 2.25. The molecule has 0 bridgehead atoms. The fraction of sp³-hybridized carbons (Fsp3) is 0.533. The van der Waals surface area contributed by atoms with Crippen molar-refractivity contribution in [3.8, 4) is 5.75 Å². The summed E-state index contributed by atoms with van der Waals surface area (Å²) in [6.07, 6.45) is 0.0992. The van der Waals surface area contributed by atoms with Crippen LogP contribution in [0.5, 0.6) is 5.75 Å². The zero-order valence-electron chi connectivity index (χ0n) is 12.2. The lowest BCUT2D eigenvalue weighted by molar-refractivity contribution is -0.128. The minimum Gasteiger partial charge on any atom is -0.481 e. The van der Waals surface area contributed by atoms with E-state index in [9.17, 15) is 13.6 Å². The Kier molecular flexibility index (Phi) is 5.12. The zero-order valence-corrected chi connectivity index (χ0v) is 12.2. The molecule has 1 aliphatic rings. The number of carbonyl (C=O) groups is 1. The van der Waals surface area contributed by atoms with Crippen LogP contribution < -0.4 is 15.4 Å². The molecule has 1 aromatic carbocycles. The Labute approximate surface area is 122 Å². The molecule has 1 fully saturated rings. The third-order valence-electron chi connectivity index (χ3n) is 3.69. The second-order valence-electron chi connectivity index (χ2n) is 5.42. The van der Waals surface area contributed by atoms with Gasteiger partial charge in [-0.05, 0) is 44.5 Å². The van der Waals surface area contributed by atoms with Gasteiger partial charge in [-0.1, -0.05) is 6.92 Å². The topological polar surface area (TPSA) is 50.4 Å². The van der Waals surface area contributed by atoms with Gasteiger partial charge in [0.2, 0.25) is 0 Å². The average molecular weight is 298 g/mol. The van der Waals surface area contributed by atoms with Gasteiger partial charge in [0.1, 0.15) is 5.75 Å². The normalized spacial score (nSPS) is 23.4.